The molecule has 1 aliphatic heterocycles. The van der Waals surface area contributed by atoms with Gasteiger partial charge in [0.1, 0.15) is 17.8 Å². The monoisotopic (exact) mass is 566 g/mol. The van der Waals surface area contributed by atoms with Crippen molar-refractivity contribution in [3.05, 3.63) is 114 Å². The third-order valence-electron chi connectivity index (χ3n) is 8.58. The normalized spacial score (nSPS) is 21.8. The van der Waals surface area contributed by atoms with Crippen molar-refractivity contribution in [1.29, 1.82) is 0 Å². The molecule has 7 nitrogen and oxygen atoms in total. The van der Waals surface area contributed by atoms with Crippen LogP contribution in [0.1, 0.15) is 65.1 Å². The number of amides is 2. The summed E-state index contributed by atoms with van der Waals surface area (Å²) in [7, 11) is 1.55. The van der Waals surface area contributed by atoms with Gasteiger partial charge in [-0.05, 0) is 60.9 Å². The average Bonchev–Trinajstić information content (AvgIpc) is 3.28. The zero-order valence-corrected chi connectivity index (χ0v) is 24.1. The molecule has 0 aromatic heterocycles. The van der Waals surface area contributed by atoms with E-state index in [1.165, 1.54) is 0 Å². The lowest BCUT2D eigenvalue weighted by Crippen LogP contribution is -2.45. The van der Waals surface area contributed by atoms with Crippen LogP contribution in [0.3, 0.4) is 0 Å². The van der Waals surface area contributed by atoms with E-state index in [1.54, 1.807) is 25.3 Å². The van der Waals surface area contributed by atoms with E-state index >= 15 is 0 Å². The molecule has 1 N–H and O–H groups in total. The summed E-state index contributed by atoms with van der Waals surface area (Å²) in [6.45, 7) is 5.01. The first kappa shape index (κ1) is 29.1. The molecule has 42 heavy (non-hydrogen) atoms. The highest BCUT2D eigenvalue weighted by Gasteiger charge is 2.50. The summed E-state index contributed by atoms with van der Waals surface area (Å²) in [5.41, 5.74) is 2.07. The first-order chi connectivity index (χ1) is 20.5. The molecule has 0 saturated carbocycles. The SMILES string of the molecule is C=CCOC(=O)C1(c2ccccc2)CC[C@@H](C(=O)N2CCCC(NC(=O)c3ccccc3OC)CC2)c2ccccc21. The van der Waals surface area contributed by atoms with Gasteiger partial charge in [0.25, 0.3) is 5.91 Å². The fraction of sp³-hybridized carbons (Fsp3) is 0.343. The van der Waals surface area contributed by atoms with Gasteiger partial charge in [-0.1, -0.05) is 79.4 Å². The lowest BCUT2D eigenvalue weighted by atomic mass is 9.63. The van der Waals surface area contributed by atoms with Crippen LogP contribution in [0.2, 0.25) is 0 Å². The van der Waals surface area contributed by atoms with E-state index in [2.05, 4.69) is 11.9 Å². The Morgan fingerprint density at radius 1 is 0.952 bits per heavy atom. The minimum absolute atomic E-state index is 0.0378. The number of para-hydroxylation sites is 1. The van der Waals surface area contributed by atoms with Crippen LogP contribution in [-0.2, 0) is 19.7 Å². The number of carbonyl (C=O) groups excluding carboxylic acids is 3. The second-order valence-corrected chi connectivity index (χ2v) is 11.0. The summed E-state index contributed by atoms with van der Waals surface area (Å²) in [6.07, 6.45) is 4.81. The maximum atomic E-state index is 14.1. The summed E-state index contributed by atoms with van der Waals surface area (Å²) < 4.78 is 11.0. The highest BCUT2D eigenvalue weighted by Crippen LogP contribution is 2.48. The van der Waals surface area contributed by atoms with Crippen molar-refractivity contribution in [2.45, 2.75) is 49.5 Å². The van der Waals surface area contributed by atoms with Gasteiger partial charge in [0.2, 0.25) is 5.91 Å². The lowest BCUT2D eigenvalue weighted by molar-refractivity contribution is -0.149. The summed E-state index contributed by atoms with van der Waals surface area (Å²) in [6, 6.07) is 24.6. The molecule has 2 unspecified atom stereocenters. The number of fused-ring (bicyclic) bond motifs is 1. The smallest absolute Gasteiger partial charge is 0.321 e. The number of rotatable bonds is 8. The van der Waals surface area contributed by atoms with Crippen molar-refractivity contribution in [2.75, 3.05) is 26.8 Å². The van der Waals surface area contributed by atoms with Gasteiger partial charge in [-0.3, -0.25) is 14.4 Å². The number of hydrogen-bond acceptors (Lipinski definition) is 5. The van der Waals surface area contributed by atoms with E-state index in [1.807, 2.05) is 71.6 Å². The number of likely N-dealkylation sites (tertiary alicyclic amines) is 1. The number of methoxy groups -OCH3 is 1. The Labute approximate surface area is 247 Å². The number of ether oxygens (including phenoxy) is 2. The van der Waals surface area contributed by atoms with E-state index < -0.39 is 5.41 Å². The molecule has 2 aliphatic rings. The van der Waals surface area contributed by atoms with Crippen molar-refractivity contribution >= 4 is 17.8 Å². The quantitative estimate of drug-likeness (QED) is 0.292. The van der Waals surface area contributed by atoms with Crippen LogP contribution in [0, 0.1) is 0 Å². The molecule has 218 valence electrons. The summed E-state index contributed by atoms with van der Waals surface area (Å²) >= 11 is 0. The van der Waals surface area contributed by atoms with Crippen molar-refractivity contribution in [3.8, 4) is 5.75 Å². The number of nitrogens with zero attached hydrogens (tertiary/aromatic N) is 1. The van der Waals surface area contributed by atoms with E-state index in [4.69, 9.17) is 9.47 Å². The predicted octanol–water partition coefficient (Wildman–Crippen LogP) is 5.40. The van der Waals surface area contributed by atoms with Crippen LogP contribution in [-0.4, -0.2) is 55.5 Å². The minimum Gasteiger partial charge on any atom is -0.496 e. The third kappa shape index (κ3) is 5.69. The van der Waals surface area contributed by atoms with Crippen molar-refractivity contribution in [3.63, 3.8) is 0 Å². The second kappa shape index (κ2) is 13.1. The summed E-state index contributed by atoms with van der Waals surface area (Å²) in [4.78, 5) is 42.7. The Morgan fingerprint density at radius 3 is 2.48 bits per heavy atom. The molecule has 1 aliphatic carbocycles. The molecule has 2 amide bonds. The molecular weight excluding hydrogens is 528 g/mol. The molecule has 0 radical (unpaired) electrons. The van der Waals surface area contributed by atoms with Crippen LogP contribution >= 0.6 is 0 Å². The van der Waals surface area contributed by atoms with Crippen LogP contribution in [0.25, 0.3) is 0 Å². The Hall–Kier alpha value is -4.39. The fourth-order valence-corrected chi connectivity index (χ4v) is 6.48. The number of esters is 1. The van der Waals surface area contributed by atoms with Crippen molar-refractivity contribution in [2.24, 2.45) is 0 Å². The van der Waals surface area contributed by atoms with Crippen molar-refractivity contribution in [1.82, 2.24) is 10.2 Å². The maximum absolute atomic E-state index is 14.1. The molecule has 3 atom stereocenters. The van der Waals surface area contributed by atoms with Crippen molar-refractivity contribution < 1.29 is 23.9 Å². The molecule has 5 rings (SSSR count). The average molecular weight is 567 g/mol. The van der Waals surface area contributed by atoms with Gasteiger partial charge in [0, 0.05) is 19.1 Å². The molecule has 7 heteroatoms. The topological polar surface area (TPSA) is 84.9 Å². The Morgan fingerprint density at radius 2 is 1.69 bits per heavy atom. The molecule has 1 saturated heterocycles. The molecule has 3 aromatic carbocycles. The second-order valence-electron chi connectivity index (χ2n) is 11.0. The predicted molar refractivity (Wildman–Crippen MR) is 161 cm³/mol. The molecule has 0 bridgehead atoms. The van der Waals surface area contributed by atoms with E-state index in [0.717, 1.165) is 29.5 Å². The number of benzene rings is 3. The molecule has 3 aromatic rings. The lowest BCUT2D eigenvalue weighted by Gasteiger charge is -2.41. The third-order valence-corrected chi connectivity index (χ3v) is 8.58. The Bertz CT molecular complexity index is 1440. The maximum Gasteiger partial charge on any atom is 0.321 e. The number of nitrogens with one attached hydrogen (secondary N) is 1. The fourth-order valence-electron chi connectivity index (χ4n) is 6.48. The summed E-state index contributed by atoms with van der Waals surface area (Å²) in [5.74, 6) is -0.240. The van der Waals surface area contributed by atoms with E-state index in [-0.39, 0.29) is 36.4 Å². The van der Waals surface area contributed by atoms with E-state index in [9.17, 15) is 14.4 Å². The van der Waals surface area contributed by atoms with Gasteiger partial charge in [-0.15, -0.1) is 0 Å². The number of carbonyl (C=O) groups is 3. The first-order valence-electron chi connectivity index (χ1n) is 14.6. The number of hydrogen-bond donors (Lipinski definition) is 1. The Balaban J connectivity index is 1.35. The minimum atomic E-state index is -0.996. The van der Waals surface area contributed by atoms with Crippen LogP contribution in [0.15, 0.2) is 91.5 Å². The van der Waals surface area contributed by atoms with Crippen LogP contribution in [0.4, 0.5) is 0 Å². The van der Waals surface area contributed by atoms with Crippen LogP contribution in [0.5, 0.6) is 5.75 Å². The highest BCUT2D eigenvalue weighted by atomic mass is 16.5. The largest absolute Gasteiger partial charge is 0.496 e. The van der Waals surface area contributed by atoms with E-state index in [0.29, 0.717) is 43.7 Å². The van der Waals surface area contributed by atoms with Gasteiger partial charge in [-0.25, -0.2) is 0 Å². The molecule has 0 spiro atoms. The van der Waals surface area contributed by atoms with Crippen LogP contribution < -0.4 is 10.1 Å². The van der Waals surface area contributed by atoms with Gasteiger partial charge in [0.05, 0.1) is 18.6 Å². The van der Waals surface area contributed by atoms with Gasteiger partial charge in [-0.2, -0.15) is 0 Å². The highest BCUT2D eigenvalue weighted by molar-refractivity contribution is 5.97. The zero-order valence-electron chi connectivity index (χ0n) is 24.1. The van der Waals surface area contributed by atoms with Gasteiger partial charge >= 0.3 is 5.97 Å². The van der Waals surface area contributed by atoms with Gasteiger partial charge < -0.3 is 19.7 Å². The zero-order chi connectivity index (χ0) is 29.5. The molecule has 1 heterocycles. The molecular formula is C35H38N2O5. The first-order valence-corrected chi connectivity index (χ1v) is 14.6. The summed E-state index contributed by atoms with van der Waals surface area (Å²) in [5, 5.41) is 3.15. The Kier molecular flexibility index (Phi) is 9.06. The molecule has 1 fully saturated rings. The standard InChI is InChI=1S/C35H38N2O5/c1-3-24-42-34(40)35(25-12-5-4-6-13-25)21-19-28(27-15-7-9-17-30(27)35)33(39)37-22-11-14-26(20-23-37)36-32(38)29-16-8-10-18-31(29)41-2/h3-10,12-13,15-18,26,28H,1,11,14,19-24H2,2H3,(H,36,38)/t26?,28-,35?/m1/s1. The van der Waals surface area contributed by atoms with Gasteiger partial charge in [0.15, 0.2) is 0 Å².